The Morgan fingerprint density at radius 2 is 1.63 bits per heavy atom. The second kappa shape index (κ2) is 6.80. The number of sulfonamides is 1. The molecule has 0 aliphatic carbocycles. The molecule has 0 aliphatic heterocycles. The topological polar surface area (TPSA) is 58.2 Å². The van der Waals surface area contributed by atoms with Gasteiger partial charge in [-0.3, -0.25) is 4.72 Å². The number of benzene rings is 1. The highest BCUT2D eigenvalue weighted by Crippen LogP contribution is 2.23. The zero-order valence-electron chi connectivity index (χ0n) is 12.1. The first-order chi connectivity index (χ1) is 8.78. The van der Waals surface area contributed by atoms with Crippen LogP contribution in [-0.2, 0) is 10.0 Å². The molecule has 1 aromatic carbocycles. The van der Waals surface area contributed by atoms with E-state index in [1.807, 2.05) is 18.2 Å². The fourth-order valence-corrected chi connectivity index (χ4v) is 2.40. The van der Waals surface area contributed by atoms with E-state index in [-0.39, 0.29) is 0 Å². The van der Waals surface area contributed by atoms with Crippen LogP contribution in [0.2, 0.25) is 0 Å². The van der Waals surface area contributed by atoms with Gasteiger partial charge in [0.2, 0.25) is 10.0 Å². The number of hydrogen-bond acceptors (Lipinski definition) is 3. The molecule has 108 valence electrons. The van der Waals surface area contributed by atoms with Crippen LogP contribution in [0.4, 0.5) is 11.4 Å². The molecule has 0 fully saturated rings. The highest BCUT2D eigenvalue weighted by atomic mass is 32.2. The zero-order valence-corrected chi connectivity index (χ0v) is 12.9. The number of nitrogens with one attached hydrogen (secondary N) is 2. The Bertz CT molecular complexity index is 498. The average Bonchev–Trinajstić information content (AvgIpc) is 2.27. The van der Waals surface area contributed by atoms with Crippen molar-refractivity contribution in [3.8, 4) is 0 Å². The summed E-state index contributed by atoms with van der Waals surface area (Å²) in [5, 5.41) is 3.36. The third kappa shape index (κ3) is 6.47. The van der Waals surface area contributed by atoms with Gasteiger partial charge in [-0.15, -0.1) is 0 Å². The van der Waals surface area contributed by atoms with Gasteiger partial charge < -0.3 is 5.32 Å². The second-order valence-corrected chi connectivity index (χ2v) is 7.18. The zero-order chi connectivity index (χ0) is 14.5. The molecule has 4 nitrogen and oxygen atoms in total. The van der Waals surface area contributed by atoms with Crippen molar-refractivity contribution in [3.05, 3.63) is 24.3 Å². The van der Waals surface area contributed by atoms with Crippen LogP contribution >= 0.6 is 0 Å². The van der Waals surface area contributed by atoms with Crippen LogP contribution < -0.4 is 10.0 Å². The molecule has 5 heteroatoms. The molecule has 0 bridgehead atoms. The maximum Gasteiger partial charge on any atom is 0.229 e. The molecule has 0 amide bonds. The molecule has 1 unspecified atom stereocenters. The van der Waals surface area contributed by atoms with Crippen LogP contribution in [0.15, 0.2) is 24.3 Å². The van der Waals surface area contributed by atoms with Gasteiger partial charge >= 0.3 is 0 Å². The van der Waals surface area contributed by atoms with Gasteiger partial charge in [0.05, 0.1) is 17.6 Å². The number of anilines is 2. The summed E-state index contributed by atoms with van der Waals surface area (Å²) in [4.78, 5) is 0. The van der Waals surface area contributed by atoms with Crippen LogP contribution in [-0.4, -0.2) is 20.7 Å². The van der Waals surface area contributed by atoms with Crippen molar-refractivity contribution < 1.29 is 8.42 Å². The molecule has 19 heavy (non-hydrogen) atoms. The Hall–Kier alpha value is -1.23. The van der Waals surface area contributed by atoms with E-state index in [0.29, 0.717) is 17.6 Å². The lowest BCUT2D eigenvalue weighted by Gasteiger charge is -2.19. The van der Waals surface area contributed by atoms with Gasteiger partial charge in [0, 0.05) is 6.04 Å². The Balaban J connectivity index is 2.72. The SMILES string of the molecule is CC(C)CCC(C)Nc1ccccc1NS(C)(=O)=O. The lowest BCUT2D eigenvalue weighted by atomic mass is 10.0. The van der Waals surface area contributed by atoms with Crippen molar-refractivity contribution >= 4 is 21.4 Å². The van der Waals surface area contributed by atoms with Crippen LogP contribution in [0, 0.1) is 5.92 Å². The Kier molecular flexibility index (Phi) is 5.66. The van der Waals surface area contributed by atoms with Crippen molar-refractivity contribution in [2.24, 2.45) is 5.92 Å². The third-order valence-electron chi connectivity index (χ3n) is 2.80. The molecule has 0 heterocycles. The number of para-hydroxylation sites is 2. The summed E-state index contributed by atoms with van der Waals surface area (Å²) in [5.74, 6) is 0.675. The lowest BCUT2D eigenvalue weighted by molar-refractivity contribution is 0.528. The maximum atomic E-state index is 11.3. The van der Waals surface area contributed by atoms with Crippen LogP contribution in [0.25, 0.3) is 0 Å². The van der Waals surface area contributed by atoms with Crippen LogP contribution in [0.5, 0.6) is 0 Å². The standard InChI is InChI=1S/C14H24N2O2S/c1-11(2)9-10-12(3)15-13-7-5-6-8-14(13)16-19(4,17)18/h5-8,11-12,15-16H,9-10H2,1-4H3. The van der Waals surface area contributed by atoms with Crippen molar-refractivity contribution in [2.45, 2.75) is 39.7 Å². The quantitative estimate of drug-likeness (QED) is 0.807. The molecule has 0 saturated carbocycles. The molecular formula is C14H24N2O2S. The maximum absolute atomic E-state index is 11.3. The van der Waals surface area contributed by atoms with Gasteiger partial charge in [-0.05, 0) is 37.8 Å². The largest absolute Gasteiger partial charge is 0.381 e. The highest BCUT2D eigenvalue weighted by Gasteiger charge is 2.09. The van der Waals surface area contributed by atoms with E-state index in [1.165, 1.54) is 0 Å². The molecule has 0 radical (unpaired) electrons. The van der Waals surface area contributed by atoms with E-state index < -0.39 is 10.0 Å². The first-order valence-corrected chi connectivity index (χ1v) is 8.50. The van der Waals surface area contributed by atoms with Gasteiger partial charge in [-0.1, -0.05) is 26.0 Å². The first-order valence-electron chi connectivity index (χ1n) is 6.61. The smallest absolute Gasteiger partial charge is 0.229 e. The predicted molar refractivity (Wildman–Crippen MR) is 82.1 cm³/mol. The summed E-state index contributed by atoms with van der Waals surface area (Å²) in [7, 11) is -3.25. The van der Waals surface area contributed by atoms with Crippen molar-refractivity contribution in [3.63, 3.8) is 0 Å². The lowest BCUT2D eigenvalue weighted by Crippen LogP contribution is -2.18. The summed E-state index contributed by atoms with van der Waals surface area (Å²) < 4.78 is 25.2. The van der Waals surface area contributed by atoms with Gasteiger partial charge in [-0.2, -0.15) is 0 Å². The second-order valence-electron chi connectivity index (χ2n) is 5.44. The van der Waals surface area contributed by atoms with Crippen LogP contribution in [0.1, 0.15) is 33.6 Å². The molecule has 0 aliphatic rings. The summed E-state index contributed by atoms with van der Waals surface area (Å²) in [6.07, 6.45) is 3.37. The molecule has 2 N–H and O–H groups in total. The molecule has 0 aromatic heterocycles. The van der Waals surface area contributed by atoms with Crippen molar-refractivity contribution in [1.29, 1.82) is 0 Å². The highest BCUT2D eigenvalue weighted by molar-refractivity contribution is 7.92. The molecule has 0 saturated heterocycles. The number of rotatable bonds is 7. The monoisotopic (exact) mass is 284 g/mol. The summed E-state index contributed by atoms with van der Waals surface area (Å²) in [6.45, 7) is 6.51. The van der Waals surface area contributed by atoms with E-state index in [2.05, 4.69) is 30.8 Å². The van der Waals surface area contributed by atoms with E-state index in [1.54, 1.807) is 6.07 Å². The normalized spacial score (nSPS) is 13.3. The minimum atomic E-state index is -3.25. The fraction of sp³-hybridized carbons (Fsp3) is 0.571. The van der Waals surface area contributed by atoms with E-state index >= 15 is 0 Å². The summed E-state index contributed by atoms with van der Waals surface area (Å²) in [5.41, 5.74) is 1.42. The third-order valence-corrected chi connectivity index (χ3v) is 3.39. The van der Waals surface area contributed by atoms with E-state index in [4.69, 9.17) is 0 Å². The van der Waals surface area contributed by atoms with Gasteiger partial charge in [0.1, 0.15) is 0 Å². The molecular weight excluding hydrogens is 260 g/mol. The number of hydrogen-bond donors (Lipinski definition) is 2. The Labute approximate surface area is 116 Å². The van der Waals surface area contributed by atoms with E-state index in [0.717, 1.165) is 24.8 Å². The predicted octanol–water partition coefficient (Wildman–Crippen LogP) is 3.29. The first kappa shape index (κ1) is 15.8. The molecule has 1 atom stereocenters. The molecule has 1 rings (SSSR count). The van der Waals surface area contributed by atoms with Crippen molar-refractivity contribution in [2.75, 3.05) is 16.3 Å². The van der Waals surface area contributed by atoms with E-state index in [9.17, 15) is 8.42 Å². The van der Waals surface area contributed by atoms with Crippen molar-refractivity contribution in [1.82, 2.24) is 0 Å². The molecule has 0 spiro atoms. The minimum Gasteiger partial charge on any atom is -0.381 e. The Morgan fingerprint density at radius 1 is 1.05 bits per heavy atom. The summed E-state index contributed by atoms with van der Waals surface area (Å²) >= 11 is 0. The summed E-state index contributed by atoms with van der Waals surface area (Å²) in [6, 6.07) is 7.67. The van der Waals surface area contributed by atoms with Gasteiger partial charge in [0.25, 0.3) is 0 Å². The molecule has 1 aromatic rings. The average molecular weight is 284 g/mol. The van der Waals surface area contributed by atoms with Crippen LogP contribution in [0.3, 0.4) is 0 Å². The van der Waals surface area contributed by atoms with Gasteiger partial charge in [-0.25, -0.2) is 8.42 Å². The Morgan fingerprint density at radius 3 is 2.16 bits per heavy atom. The fourth-order valence-electron chi connectivity index (χ4n) is 1.82. The minimum absolute atomic E-state index is 0.310. The van der Waals surface area contributed by atoms with Gasteiger partial charge in [0.15, 0.2) is 0 Å².